The fraction of sp³-hybridized carbons (Fsp3) is 0.583. The molecule has 82 valence electrons. The predicted octanol–water partition coefficient (Wildman–Crippen LogP) is 1.75. The maximum absolute atomic E-state index is 11.2. The standard InChI is InChI=1S/C12H18N2O/c1-8(2)13-10-4-3-5-11-9(10)6-7-12(15)14-11/h6-8,10,13H,3-5H2,1-2H3,(H,14,15). The van der Waals surface area contributed by atoms with Crippen LogP contribution in [-0.2, 0) is 6.42 Å². The highest BCUT2D eigenvalue weighted by atomic mass is 16.1. The molecule has 1 aromatic heterocycles. The molecule has 15 heavy (non-hydrogen) atoms. The van der Waals surface area contributed by atoms with E-state index < -0.39 is 0 Å². The predicted molar refractivity (Wildman–Crippen MR) is 61.0 cm³/mol. The summed E-state index contributed by atoms with van der Waals surface area (Å²) in [7, 11) is 0. The van der Waals surface area contributed by atoms with Crippen LogP contribution < -0.4 is 10.9 Å². The highest BCUT2D eigenvalue weighted by molar-refractivity contribution is 5.26. The Bertz CT molecular complexity index is 395. The molecular weight excluding hydrogens is 188 g/mol. The highest BCUT2D eigenvalue weighted by Gasteiger charge is 2.20. The van der Waals surface area contributed by atoms with Crippen LogP contribution in [0.25, 0.3) is 0 Å². The molecule has 1 aliphatic carbocycles. The number of aryl methyl sites for hydroxylation is 1. The van der Waals surface area contributed by atoms with Gasteiger partial charge in [-0.2, -0.15) is 0 Å². The Kier molecular flexibility index (Phi) is 2.91. The van der Waals surface area contributed by atoms with Gasteiger partial charge in [0.1, 0.15) is 0 Å². The second kappa shape index (κ2) is 4.19. The van der Waals surface area contributed by atoms with Crippen LogP contribution in [0, 0.1) is 0 Å². The summed E-state index contributed by atoms with van der Waals surface area (Å²) in [5.74, 6) is 0. The van der Waals surface area contributed by atoms with E-state index in [0.717, 1.165) is 25.0 Å². The zero-order chi connectivity index (χ0) is 10.8. The Morgan fingerprint density at radius 2 is 2.27 bits per heavy atom. The summed E-state index contributed by atoms with van der Waals surface area (Å²) >= 11 is 0. The summed E-state index contributed by atoms with van der Waals surface area (Å²) in [6.45, 7) is 4.31. The van der Waals surface area contributed by atoms with Gasteiger partial charge in [0, 0.05) is 23.8 Å². The van der Waals surface area contributed by atoms with Crippen LogP contribution >= 0.6 is 0 Å². The van der Waals surface area contributed by atoms with Crippen molar-refractivity contribution in [1.82, 2.24) is 10.3 Å². The van der Waals surface area contributed by atoms with E-state index >= 15 is 0 Å². The van der Waals surface area contributed by atoms with Gasteiger partial charge in [-0.1, -0.05) is 19.9 Å². The minimum Gasteiger partial charge on any atom is -0.326 e. The van der Waals surface area contributed by atoms with Crippen LogP contribution in [0.15, 0.2) is 16.9 Å². The first-order valence-electron chi connectivity index (χ1n) is 5.65. The molecule has 3 heteroatoms. The lowest BCUT2D eigenvalue weighted by Gasteiger charge is -2.27. The SMILES string of the molecule is CC(C)NC1CCCc2[nH]c(=O)ccc21. The van der Waals surface area contributed by atoms with Gasteiger partial charge in [-0.15, -0.1) is 0 Å². The molecule has 0 aromatic carbocycles. The average Bonchev–Trinajstić information content (AvgIpc) is 2.16. The number of rotatable bonds is 2. The molecule has 0 fully saturated rings. The average molecular weight is 206 g/mol. The minimum absolute atomic E-state index is 0.0129. The van der Waals surface area contributed by atoms with Crippen LogP contribution in [0.3, 0.4) is 0 Å². The Morgan fingerprint density at radius 1 is 1.47 bits per heavy atom. The molecule has 0 spiro atoms. The monoisotopic (exact) mass is 206 g/mol. The molecular formula is C12H18N2O. The van der Waals surface area contributed by atoms with Gasteiger partial charge in [0.15, 0.2) is 0 Å². The Hall–Kier alpha value is -1.09. The first kappa shape index (κ1) is 10.4. The molecule has 0 saturated carbocycles. The van der Waals surface area contributed by atoms with Crippen molar-refractivity contribution < 1.29 is 0 Å². The van der Waals surface area contributed by atoms with Crippen molar-refractivity contribution >= 4 is 0 Å². The van der Waals surface area contributed by atoms with Gasteiger partial charge in [0.2, 0.25) is 5.56 Å². The number of pyridine rings is 1. The number of hydrogen-bond acceptors (Lipinski definition) is 2. The third kappa shape index (κ3) is 2.29. The van der Waals surface area contributed by atoms with E-state index in [2.05, 4.69) is 24.1 Å². The zero-order valence-corrected chi connectivity index (χ0v) is 9.34. The molecule has 0 bridgehead atoms. The van der Waals surface area contributed by atoms with E-state index in [4.69, 9.17) is 0 Å². The van der Waals surface area contributed by atoms with Gasteiger partial charge in [0.05, 0.1) is 0 Å². The Labute approximate surface area is 89.9 Å². The third-order valence-corrected chi connectivity index (χ3v) is 2.87. The largest absolute Gasteiger partial charge is 0.326 e. The van der Waals surface area contributed by atoms with Crippen LogP contribution in [0.5, 0.6) is 0 Å². The summed E-state index contributed by atoms with van der Waals surface area (Å²) in [4.78, 5) is 14.1. The third-order valence-electron chi connectivity index (χ3n) is 2.87. The van der Waals surface area contributed by atoms with Crippen LogP contribution in [0.1, 0.15) is 44.0 Å². The molecule has 0 amide bonds. The van der Waals surface area contributed by atoms with Crippen molar-refractivity contribution in [2.45, 2.75) is 45.2 Å². The maximum atomic E-state index is 11.2. The quantitative estimate of drug-likeness (QED) is 0.774. The first-order chi connectivity index (χ1) is 7.16. The van der Waals surface area contributed by atoms with Crippen molar-refractivity contribution in [2.24, 2.45) is 0 Å². The zero-order valence-electron chi connectivity index (χ0n) is 9.34. The van der Waals surface area contributed by atoms with E-state index in [1.54, 1.807) is 6.07 Å². The summed E-state index contributed by atoms with van der Waals surface area (Å²) in [6, 6.07) is 4.48. The van der Waals surface area contributed by atoms with Gasteiger partial charge in [-0.25, -0.2) is 0 Å². The lowest BCUT2D eigenvalue weighted by molar-refractivity contribution is 0.419. The van der Waals surface area contributed by atoms with E-state index in [-0.39, 0.29) is 5.56 Å². The molecule has 0 radical (unpaired) electrons. The van der Waals surface area contributed by atoms with Gasteiger partial charge in [-0.3, -0.25) is 4.79 Å². The molecule has 2 rings (SSSR count). The maximum Gasteiger partial charge on any atom is 0.248 e. The van der Waals surface area contributed by atoms with Crippen molar-refractivity contribution in [3.05, 3.63) is 33.7 Å². The van der Waals surface area contributed by atoms with Crippen molar-refractivity contribution in [3.63, 3.8) is 0 Å². The van der Waals surface area contributed by atoms with Crippen molar-refractivity contribution in [1.29, 1.82) is 0 Å². The Morgan fingerprint density at radius 3 is 3.00 bits per heavy atom. The first-order valence-corrected chi connectivity index (χ1v) is 5.65. The summed E-state index contributed by atoms with van der Waals surface area (Å²) in [5, 5.41) is 3.54. The van der Waals surface area contributed by atoms with Crippen molar-refractivity contribution in [3.8, 4) is 0 Å². The summed E-state index contributed by atoms with van der Waals surface area (Å²) < 4.78 is 0. The van der Waals surface area contributed by atoms with Crippen LogP contribution in [0.4, 0.5) is 0 Å². The highest BCUT2D eigenvalue weighted by Crippen LogP contribution is 2.27. The van der Waals surface area contributed by atoms with E-state index in [1.807, 2.05) is 6.07 Å². The lowest BCUT2D eigenvalue weighted by Crippen LogP contribution is -2.31. The molecule has 1 unspecified atom stereocenters. The molecule has 1 aromatic rings. The Balaban J connectivity index is 2.30. The molecule has 1 atom stereocenters. The number of hydrogen-bond donors (Lipinski definition) is 2. The minimum atomic E-state index is 0.0129. The number of H-pyrrole nitrogens is 1. The summed E-state index contributed by atoms with van der Waals surface area (Å²) in [5.41, 5.74) is 2.40. The van der Waals surface area contributed by atoms with Crippen LogP contribution in [-0.4, -0.2) is 11.0 Å². The number of fused-ring (bicyclic) bond motifs is 1. The normalized spacial score (nSPS) is 20.3. The molecule has 2 N–H and O–H groups in total. The van der Waals surface area contributed by atoms with Gasteiger partial charge in [-0.05, 0) is 24.8 Å². The molecule has 0 saturated heterocycles. The number of nitrogens with one attached hydrogen (secondary N) is 2. The number of aromatic amines is 1. The second-order valence-electron chi connectivity index (χ2n) is 4.52. The molecule has 0 aliphatic heterocycles. The fourth-order valence-corrected chi connectivity index (χ4v) is 2.28. The van der Waals surface area contributed by atoms with Crippen LogP contribution in [0.2, 0.25) is 0 Å². The fourth-order valence-electron chi connectivity index (χ4n) is 2.28. The molecule has 1 heterocycles. The van der Waals surface area contributed by atoms with Gasteiger partial charge >= 0.3 is 0 Å². The van der Waals surface area contributed by atoms with E-state index in [0.29, 0.717) is 12.1 Å². The van der Waals surface area contributed by atoms with Crippen molar-refractivity contribution in [2.75, 3.05) is 0 Å². The van der Waals surface area contributed by atoms with Gasteiger partial charge in [0.25, 0.3) is 0 Å². The smallest absolute Gasteiger partial charge is 0.248 e. The topological polar surface area (TPSA) is 44.9 Å². The summed E-state index contributed by atoms with van der Waals surface area (Å²) in [6.07, 6.45) is 3.32. The van der Waals surface area contributed by atoms with Gasteiger partial charge < -0.3 is 10.3 Å². The molecule has 3 nitrogen and oxygen atoms in total. The van der Waals surface area contributed by atoms with E-state index in [9.17, 15) is 4.79 Å². The van der Waals surface area contributed by atoms with E-state index in [1.165, 1.54) is 5.56 Å². The second-order valence-corrected chi connectivity index (χ2v) is 4.52. The number of aromatic nitrogens is 1. The lowest BCUT2D eigenvalue weighted by atomic mass is 9.91. The molecule has 1 aliphatic rings.